The first-order valence-corrected chi connectivity index (χ1v) is 6.26. The monoisotopic (exact) mass is 255 g/mol. The average molecular weight is 256 g/mol. The largest absolute Gasteiger partial charge is 0.333 e. The number of nitrogens with two attached hydrogens (primary N) is 1. The second-order valence-electron chi connectivity index (χ2n) is 4.04. The van der Waals surface area contributed by atoms with Gasteiger partial charge in [0.1, 0.15) is 0 Å². The molecular formula is C10H10ClN3OS. The summed E-state index contributed by atoms with van der Waals surface area (Å²) in [5, 5.41) is 3.95. The van der Waals surface area contributed by atoms with Crippen molar-refractivity contribution in [1.82, 2.24) is 10.1 Å². The van der Waals surface area contributed by atoms with Crippen LogP contribution in [0.1, 0.15) is 25.1 Å². The van der Waals surface area contributed by atoms with Crippen LogP contribution in [0.4, 0.5) is 0 Å². The van der Waals surface area contributed by atoms with E-state index in [1.165, 1.54) is 11.3 Å². The molecule has 84 valence electrons. The van der Waals surface area contributed by atoms with Gasteiger partial charge < -0.3 is 10.3 Å². The van der Waals surface area contributed by atoms with Crippen molar-refractivity contribution in [3.8, 4) is 10.8 Å². The molecule has 16 heavy (non-hydrogen) atoms. The zero-order chi connectivity index (χ0) is 11.2. The molecule has 0 amide bonds. The molecule has 4 nitrogen and oxygen atoms in total. The molecule has 1 saturated carbocycles. The Hall–Kier alpha value is -0.910. The molecule has 0 saturated heterocycles. The van der Waals surface area contributed by atoms with E-state index in [4.69, 9.17) is 21.9 Å². The Morgan fingerprint density at radius 1 is 1.44 bits per heavy atom. The Bertz CT molecular complexity index is 518. The summed E-state index contributed by atoms with van der Waals surface area (Å²) in [6.45, 7) is 0. The Morgan fingerprint density at radius 2 is 2.25 bits per heavy atom. The van der Waals surface area contributed by atoms with E-state index in [9.17, 15) is 0 Å². The number of hydrogen-bond acceptors (Lipinski definition) is 5. The van der Waals surface area contributed by atoms with Gasteiger partial charge in [0.25, 0.3) is 5.89 Å². The minimum atomic E-state index is -0.372. The lowest BCUT2D eigenvalue weighted by Gasteiger charge is -2.34. The highest BCUT2D eigenvalue weighted by molar-refractivity contribution is 7.19. The molecule has 0 unspecified atom stereocenters. The van der Waals surface area contributed by atoms with Gasteiger partial charge in [0.2, 0.25) is 0 Å². The summed E-state index contributed by atoms with van der Waals surface area (Å²) < 4.78 is 5.91. The van der Waals surface area contributed by atoms with Crippen molar-refractivity contribution in [3.63, 3.8) is 0 Å². The highest BCUT2D eigenvalue weighted by Gasteiger charge is 2.39. The maximum absolute atomic E-state index is 6.11. The highest BCUT2D eigenvalue weighted by atomic mass is 35.5. The van der Waals surface area contributed by atoms with E-state index in [0.717, 1.165) is 24.1 Å². The van der Waals surface area contributed by atoms with Crippen LogP contribution in [0, 0.1) is 0 Å². The van der Waals surface area contributed by atoms with Gasteiger partial charge in [-0.25, -0.2) is 0 Å². The van der Waals surface area contributed by atoms with Crippen LogP contribution in [-0.2, 0) is 5.54 Å². The maximum atomic E-state index is 6.11. The molecule has 0 atom stereocenters. The number of halogens is 1. The molecule has 2 N–H and O–H groups in total. The quantitative estimate of drug-likeness (QED) is 0.896. The van der Waals surface area contributed by atoms with Gasteiger partial charge in [-0.05, 0) is 31.4 Å². The van der Waals surface area contributed by atoms with Gasteiger partial charge in [-0.3, -0.25) is 0 Å². The van der Waals surface area contributed by atoms with Crippen LogP contribution in [0.3, 0.4) is 0 Å². The normalized spacial score (nSPS) is 18.4. The van der Waals surface area contributed by atoms with E-state index in [0.29, 0.717) is 16.1 Å². The van der Waals surface area contributed by atoms with E-state index in [-0.39, 0.29) is 5.54 Å². The first-order valence-electron chi connectivity index (χ1n) is 5.06. The van der Waals surface area contributed by atoms with Crippen LogP contribution in [0.5, 0.6) is 0 Å². The smallest absolute Gasteiger partial charge is 0.268 e. The number of aromatic nitrogens is 2. The maximum Gasteiger partial charge on any atom is 0.268 e. The Morgan fingerprint density at radius 3 is 2.81 bits per heavy atom. The van der Waals surface area contributed by atoms with E-state index in [1.54, 1.807) is 0 Å². The number of rotatable bonds is 2. The fourth-order valence-electron chi connectivity index (χ4n) is 1.74. The summed E-state index contributed by atoms with van der Waals surface area (Å²) in [5.41, 5.74) is 5.74. The van der Waals surface area contributed by atoms with Crippen LogP contribution < -0.4 is 5.73 Å². The van der Waals surface area contributed by atoms with Gasteiger partial charge in [0.15, 0.2) is 5.82 Å². The summed E-state index contributed by atoms with van der Waals surface area (Å²) in [4.78, 5) is 5.22. The Kier molecular flexibility index (Phi) is 2.27. The number of thiophene rings is 1. The fourth-order valence-corrected chi connectivity index (χ4v) is 2.70. The van der Waals surface area contributed by atoms with Crippen LogP contribution in [-0.4, -0.2) is 10.1 Å². The molecule has 0 spiro atoms. The van der Waals surface area contributed by atoms with Crippen molar-refractivity contribution >= 4 is 22.9 Å². The molecule has 0 bridgehead atoms. The van der Waals surface area contributed by atoms with Gasteiger partial charge in [0.05, 0.1) is 14.8 Å². The zero-order valence-electron chi connectivity index (χ0n) is 8.44. The molecule has 0 aliphatic heterocycles. The van der Waals surface area contributed by atoms with Gasteiger partial charge in [-0.15, -0.1) is 11.3 Å². The molecular weight excluding hydrogens is 246 g/mol. The summed E-state index contributed by atoms with van der Waals surface area (Å²) in [6.07, 6.45) is 2.99. The van der Waals surface area contributed by atoms with E-state index >= 15 is 0 Å². The molecule has 2 heterocycles. The topological polar surface area (TPSA) is 64.9 Å². The Labute approximate surface area is 101 Å². The van der Waals surface area contributed by atoms with Crippen molar-refractivity contribution in [3.05, 3.63) is 22.3 Å². The summed E-state index contributed by atoms with van der Waals surface area (Å²) in [6, 6.07) is 3.68. The molecule has 1 aliphatic rings. The van der Waals surface area contributed by atoms with Crippen molar-refractivity contribution in [2.24, 2.45) is 5.73 Å². The molecule has 2 aromatic rings. The predicted molar refractivity (Wildman–Crippen MR) is 62.3 cm³/mol. The minimum Gasteiger partial charge on any atom is -0.333 e. The van der Waals surface area contributed by atoms with E-state index in [1.807, 2.05) is 12.1 Å². The molecule has 6 heteroatoms. The molecule has 1 aliphatic carbocycles. The van der Waals surface area contributed by atoms with Crippen LogP contribution in [0.2, 0.25) is 4.34 Å². The highest BCUT2D eigenvalue weighted by Crippen LogP contribution is 2.38. The van der Waals surface area contributed by atoms with Crippen LogP contribution >= 0.6 is 22.9 Å². The number of nitrogens with zero attached hydrogens (tertiary/aromatic N) is 2. The fraction of sp³-hybridized carbons (Fsp3) is 0.400. The molecule has 0 aromatic carbocycles. The van der Waals surface area contributed by atoms with Crippen molar-refractivity contribution in [1.29, 1.82) is 0 Å². The first-order chi connectivity index (χ1) is 7.67. The third-order valence-corrected chi connectivity index (χ3v) is 4.12. The van der Waals surface area contributed by atoms with E-state index in [2.05, 4.69) is 10.1 Å². The third-order valence-electron chi connectivity index (χ3n) is 2.90. The average Bonchev–Trinajstić information content (AvgIpc) is 2.82. The van der Waals surface area contributed by atoms with Gasteiger partial charge >= 0.3 is 0 Å². The van der Waals surface area contributed by atoms with Crippen molar-refractivity contribution in [2.75, 3.05) is 0 Å². The summed E-state index contributed by atoms with van der Waals surface area (Å²) in [7, 11) is 0. The molecule has 0 radical (unpaired) electrons. The predicted octanol–water partition coefficient (Wildman–Crippen LogP) is 2.79. The van der Waals surface area contributed by atoms with Crippen LogP contribution in [0.25, 0.3) is 10.8 Å². The summed E-state index contributed by atoms with van der Waals surface area (Å²) >= 11 is 7.27. The van der Waals surface area contributed by atoms with E-state index < -0.39 is 0 Å². The number of hydrogen-bond donors (Lipinski definition) is 1. The van der Waals surface area contributed by atoms with Gasteiger partial charge in [-0.1, -0.05) is 16.8 Å². The second-order valence-corrected chi connectivity index (χ2v) is 5.75. The van der Waals surface area contributed by atoms with Crippen LogP contribution in [0.15, 0.2) is 16.7 Å². The minimum absolute atomic E-state index is 0.372. The first kappa shape index (κ1) is 10.3. The molecule has 1 fully saturated rings. The third kappa shape index (κ3) is 1.55. The molecule has 3 rings (SSSR count). The SMILES string of the molecule is NC1(c2noc(-c3ccc(Cl)s3)n2)CCC1. The summed E-state index contributed by atoms with van der Waals surface area (Å²) in [5.74, 6) is 1.11. The lowest BCUT2D eigenvalue weighted by Crippen LogP contribution is -2.44. The zero-order valence-corrected chi connectivity index (χ0v) is 10.0. The molecule has 2 aromatic heterocycles. The standard InChI is InChI=1S/C10H10ClN3OS/c11-7-3-2-6(16-7)8-13-9(14-15-8)10(12)4-1-5-10/h2-3H,1,4-5,12H2. The second kappa shape index (κ2) is 3.55. The van der Waals surface area contributed by atoms with Crippen molar-refractivity contribution in [2.45, 2.75) is 24.8 Å². The lowest BCUT2D eigenvalue weighted by atomic mass is 9.77. The Balaban J connectivity index is 1.93. The van der Waals surface area contributed by atoms with Crippen molar-refractivity contribution < 1.29 is 4.52 Å². The van der Waals surface area contributed by atoms with Gasteiger partial charge in [0, 0.05) is 0 Å². The lowest BCUT2D eigenvalue weighted by molar-refractivity contribution is 0.229. The van der Waals surface area contributed by atoms with Gasteiger partial charge in [-0.2, -0.15) is 4.98 Å².